The van der Waals surface area contributed by atoms with Gasteiger partial charge in [0.1, 0.15) is 5.75 Å². The lowest BCUT2D eigenvalue weighted by molar-refractivity contribution is -0.146. The molecule has 1 unspecified atom stereocenters. The summed E-state index contributed by atoms with van der Waals surface area (Å²) in [7, 11) is 5.10. The number of rotatable bonds is 7. The van der Waals surface area contributed by atoms with Gasteiger partial charge in [-0.15, -0.1) is 0 Å². The number of hydrogen-bond acceptors (Lipinski definition) is 4. The Balaban J connectivity index is 2.53. The number of methoxy groups -OCH3 is 2. The summed E-state index contributed by atoms with van der Waals surface area (Å²) in [6.45, 7) is 3.51. The number of benzene rings is 1. The zero-order valence-corrected chi connectivity index (χ0v) is 12.2. The van der Waals surface area contributed by atoms with Gasteiger partial charge in [0.2, 0.25) is 0 Å². The third kappa shape index (κ3) is 4.91. The van der Waals surface area contributed by atoms with Crippen molar-refractivity contribution in [3.8, 4) is 5.75 Å². The van der Waals surface area contributed by atoms with Gasteiger partial charge in [-0.3, -0.25) is 4.79 Å². The Bertz CT molecular complexity index is 389. The van der Waals surface area contributed by atoms with Gasteiger partial charge in [-0.1, -0.05) is 19.1 Å². The third-order valence-corrected chi connectivity index (χ3v) is 3.17. The molecule has 4 heteroatoms. The second kappa shape index (κ2) is 7.79. The largest absolute Gasteiger partial charge is 0.497 e. The van der Waals surface area contributed by atoms with Crippen molar-refractivity contribution in [1.29, 1.82) is 0 Å². The molecule has 1 atom stereocenters. The van der Waals surface area contributed by atoms with Crippen LogP contribution >= 0.6 is 0 Å². The SMILES string of the molecule is CCC(CN(C)Cc1ccc(OC)cc1)C(=O)OC. The van der Waals surface area contributed by atoms with Crippen molar-refractivity contribution < 1.29 is 14.3 Å². The van der Waals surface area contributed by atoms with Gasteiger partial charge in [0.25, 0.3) is 0 Å². The summed E-state index contributed by atoms with van der Waals surface area (Å²) >= 11 is 0. The molecule has 0 aliphatic carbocycles. The molecule has 0 amide bonds. The number of nitrogens with zero attached hydrogens (tertiary/aromatic N) is 1. The Morgan fingerprint density at radius 1 is 1.26 bits per heavy atom. The van der Waals surface area contributed by atoms with E-state index in [0.717, 1.165) is 18.7 Å². The van der Waals surface area contributed by atoms with Crippen LogP contribution in [0.3, 0.4) is 0 Å². The summed E-state index contributed by atoms with van der Waals surface area (Å²) in [5, 5.41) is 0. The molecular weight excluding hydrogens is 242 g/mol. The van der Waals surface area contributed by atoms with E-state index in [1.54, 1.807) is 7.11 Å². The first-order chi connectivity index (χ1) is 9.10. The van der Waals surface area contributed by atoms with Crippen LogP contribution in [0.15, 0.2) is 24.3 Å². The van der Waals surface area contributed by atoms with Gasteiger partial charge in [0.15, 0.2) is 0 Å². The number of ether oxygens (including phenoxy) is 2. The fourth-order valence-electron chi connectivity index (χ4n) is 2.02. The Morgan fingerprint density at radius 2 is 1.89 bits per heavy atom. The molecule has 4 nitrogen and oxygen atoms in total. The molecule has 0 aliphatic rings. The van der Waals surface area contributed by atoms with Gasteiger partial charge in [0.05, 0.1) is 20.1 Å². The number of carbonyl (C=O) groups is 1. The van der Waals surface area contributed by atoms with E-state index in [1.165, 1.54) is 12.7 Å². The van der Waals surface area contributed by atoms with Gasteiger partial charge in [0, 0.05) is 13.1 Å². The summed E-state index contributed by atoms with van der Waals surface area (Å²) in [5.41, 5.74) is 1.20. The van der Waals surface area contributed by atoms with Crippen molar-refractivity contribution in [3.05, 3.63) is 29.8 Å². The molecule has 0 N–H and O–H groups in total. The van der Waals surface area contributed by atoms with Crippen molar-refractivity contribution in [1.82, 2.24) is 4.90 Å². The summed E-state index contributed by atoms with van der Waals surface area (Å²) in [5.74, 6) is 0.657. The Labute approximate surface area is 115 Å². The predicted molar refractivity (Wildman–Crippen MR) is 75.1 cm³/mol. The summed E-state index contributed by atoms with van der Waals surface area (Å²) in [4.78, 5) is 13.7. The van der Waals surface area contributed by atoms with Crippen molar-refractivity contribution >= 4 is 5.97 Å². The van der Waals surface area contributed by atoms with E-state index in [0.29, 0.717) is 6.54 Å². The first-order valence-corrected chi connectivity index (χ1v) is 6.50. The summed E-state index contributed by atoms with van der Waals surface area (Å²) < 4.78 is 9.93. The van der Waals surface area contributed by atoms with Gasteiger partial charge >= 0.3 is 5.97 Å². The fraction of sp³-hybridized carbons (Fsp3) is 0.533. The van der Waals surface area contributed by atoms with Gasteiger partial charge in [-0.2, -0.15) is 0 Å². The van der Waals surface area contributed by atoms with Crippen LogP contribution in [0.4, 0.5) is 0 Å². The van der Waals surface area contributed by atoms with Crippen LogP contribution in [-0.2, 0) is 16.1 Å². The molecule has 19 heavy (non-hydrogen) atoms. The second-order valence-electron chi connectivity index (χ2n) is 4.67. The Hall–Kier alpha value is -1.55. The molecular formula is C15H23NO3. The first kappa shape index (κ1) is 15.5. The van der Waals surface area contributed by atoms with Gasteiger partial charge in [-0.25, -0.2) is 0 Å². The minimum atomic E-state index is -0.135. The van der Waals surface area contributed by atoms with Crippen molar-refractivity contribution in [2.45, 2.75) is 19.9 Å². The van der Waals surface area contributed by atoms with Crippen molar-refractivity contribution in [2.75, 3.05) is 27.8 Å². The highest BCUT2D eigenvalue weighted by Crippen LogP contribution is 2.14. The van der Waals surface area contributed by atoms with E-state index < -0.39 is 0 Å². The number of carbonyl (C=O) groups excluding carboxylic acids is 1. The first-order valence-electron chi connectivity index (χ1n) is 6.50. The molecule has 0 aromatic heterocycles. The molecule has 0 saturated heterocycles. The maximum absolute atomic E-state index is 11.5. The normalized spacial score (nSPS) is 12.3. The monoisotopic (exact) mass is 265 g/mol. The maximum atomic E-state index is 11.5. The van der Waals surface area contributed by atoms with Gasteiger partial charge < -0.3 is 14.4 Å². The van der Waals surface area contributed by atoms with Crippen LogP contribution in [0, 0.1) is 5.92 Å². The molecule has 0 radical (unpaired) electrons. The molecule has 106 valence electrons. The molecule has 1 aromatic rings. The minimum Gasteiger partial charge on any atom is -0.497 e. The highest BCUT2D eigenvalue weighted by atomic mass is 16.5. The smallest absolute Gasteiger partial charge is 0.309 e. The molecule has 0 spiro atoms. The lowest BCUT2D eigenvalue weighted by Crippen LogP contribution is -2.30. The zero-order valence-electron chi connectivity index (χ0n) is 12.2. The van der Waals surface area contributed by atoms with Crippen molar-refractivity contribution in [3.63, 3.8) is 0 Å². The van der Waals surface area contributed by atoms with E-state index in [2.05, 4.69) is 4.90 Å². The van der Waals surface area contributed by atoms with Crippen LogP contribution in [-0.4, -0.2) is 38.7 Å². The van der Waals surface area contributed by atoms with E-state index >= 15 is 0 Å². The molecule has 0 fully saturated rings. The maximum Gasteiger partial charge on any atom is 0.309 e. The topological polar surface area (TPSA) is 38.8 Å². The van der Waals surface area contributed by atoms with Crippen molar-refractivity contribution in [2.24, 2.45) is 5.92 Å². The summed E-state index contributed by atoms with van der Waals surface area (Å²) in [6, 6.07) is 7.96. The summed E-state index contributed by atoms with van der Waals surface area (Å²) in [6.07, 6.45) is 0.791. The minimum absolute atomic E-state index is 0.0618. The highest BCUT2D eigenvalue weighted by Gasteiger charge is 2.18. The Morgan fingerprint density at radius 3 is 2.37 bits per heavy atom. The Kier molecular flexibility index (Phi) is 6.36. The van der Waals surface area contributed by atoms with Crippen LogP contribution < -0.4 is 4.74 Å². The lowest BCUT2D eigenvalue weighted by atomic mass is 10.1. The van der Waals surface area contributed by atoms with E-state index in [4.69, 9.17) is 9.47 Å². The molecule has 1 rings (SSSR count). The molecule has 1 aromatic carbocycles. The molecule has 0 saturated carbocycles. The van der Waals surface area contributed by atoms with Gasteiger partial charge in [-0.05, 0) is 31.2 Å². The second-order valence-corrected chi connectivity index (χ2v) is 4.67. The molecule has 0 heterocycles. The average Bonchev–Trinajstić information content (AvgIpc) is 2.44. The average molecular weight is 265 g/mol. The van der Waals surface area contributed by atoms with Crippen LogP contribution in [0.2, 0.25) is 0 Å². The van der Waals surface area contributed by atoms with Crippen LogP contribution in [0.1, 0.15) is 18.9 Å². The number of hydrogen-bond donors (Lipinski definition) is 0. The van der Waals surface area contributed by atoms with E-state index in [1.807, 2.05) is 38.2 Å². The fourth-order valence-corrected chi connectivity index (χ4v) is 2.02. The molecule has 0 aliphatic heterocycles. The number of esters is 1. The quantitative estimate of drug-likeness (QED) is 0.709. The predicted octanol–water partition coefficient (Wildman–Crippen LogP) is 2.33. The third-order valence-electron chi connectivity index (χ3n) is 3.17. The van der Waals surface area contributed by atoms with Crippen LogP contribution in [0.5, 0.6) is 5.75 Å². The van der Waals surface area contributed by atoms with E-state index in [-0.39, 0.29) is 11.9 Å². The highest BCUT2D eigenvalue weighted by molar-refractivity contribution is 5.72. The zero-order chi connectivity index (χ0) is 14.3. The van der Waals surface area contributed by atoms with E-state index in [9.17, 15) is 4.79 Å². The molecule has 0 bridgehead atoms. The standard InChI is InChI=1S/C15H23NO3/c1-5-13(15(17)19-4)11-16(2)10-12-6-8-14(18-3)9-7-12/h6-9,13H,5,10-11H2,1-4H3. The van der Waals surface area contributed by atoms with Crippen LogP contribution in [0.25, 0.3) is 0 Å². The lowest BCUT2D eigenvalue weighted by Gasteiger charge is -2.21.